The van der Waals surface area contributed by atoms with Crippen LogP contribution in [-0.4, -0.2) is 39.6 Å². The van der Waals surface area contributed by atoms with E-state index in [4.69, 9.17) is 4.74 Å². The summed E-state index contributed by atoms with van der Waals surface area (Å²) in [6, 6.07) is 0. The van der Waals surface area contributed by atoms with Crippen molar-refractivity contribution in [2.45, 2.75) is 13.5 Å². The summed E-state index contributed by atoms with van der Waals surface area (Å²) < 4.78 is 8.13. The second kappa shape index (κ2) is 5.18. The molecule has 7 nitrogen and oxygen atoms in total. The highest BCUT2D eigenvalue weighted by Crippen LogP contribution is 2.13. The van der Waals surface area contributed by atoms with Gasteiger partial charge in [0.1, 0.15) is 11.0 Å². The van der Waals surface area contributed by atoms with Crippen LogP contribution in [0.15, 0.2) is 11.0 Å². The van der Waals surface area contributed by atoms with Crippen molar-refractivity contribution in [3.05, 3.63) is 16.6 Å². The molecule has 0 atom stereocenters. The number of nitrogens with zero attached hydrogens (tertiary/aromatic N) is 4. The normalized spacial score (nSPS) is 11.1. The van der Waals surface area contributed by atoms with Crippen LogP contribution in [0.2, 0.25) is 0 Å². The lowest BCUT2D eigenvalue weighted by atomic mass is 10.4. The second-order valence-corrected chi connectivity index (χ2v) is 3.91. The fourth-order valence-corrected chi connectivity index (χ4v) is 1.81. The summed E-state index contributed by atoms with van der Waals surface area (Å²) in [5.41, 5.74) is 1.05. The van der Waals surface area contributed by atoms with Gasteiger partial charge in [-0.3, -0.25) is 4.79 Å². The SMILES string of the molecule is CCn1ncc2nc(NCCOC)n(C)c2c1=O. The Morgan fingerprint density at radius 2 is 2.28 bits per heavy atom. The predicted molar refractivity (Wildman–Crippen MR) is 68.8 cm³/mol. The second-order valence-electron chi connectivity index (χ2n) is 3.91. The Morgan fingerprint density at radius 1 is 1.50 bits per heavy atom. The van der Waals surface area contributed by atoms with Gasteiger partial charge >= 0.3 is 0 Å². The summed E-state index contributed by atoms with van der Waals surface area (Å²) >= 11 is 0. The largest absolute Gasteiger partial charge is 0.383 e. The van der Waals surface area contributed by atoms with Crippen molar-refractivity contribution in [2.24, 2.45) is 7.05 Å². The monoisotopic (exact) mass is 251 g/mol. The molecule has 98 valence electrons. The molecule has 0 saturated carbocycles. The minimum atomic E-state index is -0.121. The molecule has 0 radical (unpaired) electrons. The van der Waals surface area contributed by atoms with Crippen molar-refractivity contribution in [1.29, 1.82) is 0 Å². The topological polar surface area (TPSA) is 74.0 Å². The Morgan fingerprint density at radius 3 is 2.94 bits per heavy atom. The fourth-order valence-electron chi connectivity index (χ4n) is 1.81. The van der Waals surface area contributed by atoms with Gasteiger partial charge < -0.3 is 14.6 Å². The third kappa shape index (κ3) is 2.08. The number of fused-ring (bicyclic) bond motifs is 1. The van der Waals surface area contributed by atoms with Gasteiger partial charge in [0.2, 0.25) is 5.95 Å². The number of imidazole rings is 1. The van der Waals surface area contributed by atoms with E-state index < -0.39 is 0 Å². The summed E-state index contributed by atoms with van der Waals surface area (Å²) in [4.78, 5) is 16.5. The lowest BCUT2D eigenvalue weighted by Gasteiger charge is -2.05. The van der Waals surface area contributed by atoms with E-state index in [2.05, 4.69) is 15.4 Å². The lowest BCUT2D eigenvalue weighted by molar-refractivity contribution is 0.210. The molecular weight excluding hydrogens is 234 g/mol. The molecule has 0 bridgehead atoms. The quantitative estimate of drug-likeness (QED) is 0.769. The molecule has 2 rings (SSSR count). The Kier molecular flexibility index (Phi) is 3.61. The zero-order valence-corrected chi connectivity index (χ0v) is 10.8. The maximum absolute atomic E-state index is 12.1. The average molecular weight is 251 g/mol. The molecule has 0 aliphatic rings. The highest BCUT2D eigenvalue weighted by Gasteiger charge is 2.12. The first-order chi connectivity index (χ1) is 8.69. The van der Waals surface area contributed by atoms with Gasteiger partial charge in [0, 0.05) is 27.2 Å². The van der Waals surface area contributed by atoms with Crippen LogP contribution in [0.1, 0.15) is 6.92 Å². The highest BCUT2D eigenvalue weighted by molar-refractivity contribution is 5.76. The number of hydrogen-bond acceptors (Lipinski definition) is 5. The van der Waals surface area contributed by atoms with E-state index in [1.54, 1.807) is 17.9 Å². The number of aromatic nitrogens is 4. The van der Waals surface area contributed by atoms with E-state index in [0.717, 1.165) is 0 Å². The zero-order valence-electron chi connectivity index (χ0n) is 10.8. The number of ether oxygens (including phenoxy) is 1. The molecule has 18 heavy (non-hydrogen) atoms. The van der Waals surface area contributed by atoms with E-state index >= 15 is 0 Å². The first kappa shape index (κ1) is 12.6. The molecule has 0 aromatic carbocycles. The number of aryl methyl sites for hydroxylation is 2. The lowest BCUT2D eigenvalue weighted by Crippen LogP contribution is -2.23. The first-order valence-corrected chi connectivity index (χ1v) is 5.84. The van der Waals surface area contributed by atoms with Gasteiger partial charge in [-0.15, -0.1) is 0 Å². The van der Waals surface area contributed by atoms with Crippen LogP contribution in [0.5, 0.6) is 0 Å². The first-order valence-electron chi connectivity index (χ1n) is 5.84. The smallest absolute Gasteiger partial charge is 0.292 e. The third-order valence-corrected chi connectivity index (χ3v) is 2.77. The van der Waals surface area contributed by atoms with Gasteiger partial charge in [-0.05, 0) is 6.92 Å². The minimum absolute atomic E-state index is 0.121. The van der Waals surface area contributed by atoms with Crippen molar-refractivity contribution >= 4 is 17.0 Å². The summed E-state index contributed by atoms with van der Waals surface area (Å²) in [6.45, 7) is 3.66. The third-order valence-electron chi connectivity index (χ3n) is 2.77. The molecule has 0 spiro atoms. The van der Waals surface area contributed by atoms with Crippen LogP contribution < -0.4 is 10.9 Å². The van der Waals surface area contributed by atoms with Gasteiger partial charge in [-0.1, -0.05) is 0 Å². The summed E-state index contributed by atoms with van der Waals surface area (Å²) in [5.74, 6) is 0.648. The van der Waals surface area contributed by atoms with Crippen LogP contribution in [0.25, 0.3) is 11.0 Å². The molecule has 2 heterocycles. The number of nitrogens with one attached hydrogen (secondary N) is 1. The number of anilines is 1. The van der Waals surface area contributed by atoms with Gasteiger partial charge in [-0.25, -0.2) is 9.67 Å². The standard InChI is InChI=1S/C11H17N5O2/c1-4-16-10(17)9-8(7-13-16)14-11(15(9)2)12-5-6-18-3/h7H,4-6H2,1-3H3,(H,12,14). The molecule has 0 aliphatic heterocycles. The Labute approximate surface area is 104 Å². The fraction of sp³-hybridized carbons (Fsp3) is 0.545. The van der Waals surface area contributed by atoms with Crippen LogP contribution in [0.3, 0.4) is 0 Å². The van der Waals surface area contributed by atoms with Crippen molar-refractivity contribution in [3.63, 3.8) is 0 Å². The Balaban J connectivity index is 2.43. The maximum Gasteiger partial charge on any atom is 0.292 e. The van der Waals surface area contributed by atoms with E-state index in [9.17, 15) is 4.79 Å². The average Bonchev–Trinajstić information content (AvgIpc) is 2.68. The van der Waals surface area contributed by atoms with Gasteiger partial charge in [0.05, 0.1) is 12.8 Å². The molecule has 2 aromatic rings. The maximum atomic E-state index is 12.1. The van der Waals surface area contributed by atoms with Crippen LogP contribution >= 0.6 is 0 Å². The molecule has 0 aliphatic carbocycles. The minimum Gasteiger partial charge on any atom is -0.383 e. The van der Waals surface area contributed by atoms with Crippen LogP contribution in [0.4, 0.5) is 5.95 Å². The summed E-state index contributed by atoms with van der Waals surface area (Å²) in [5, 5.41) is 7.17. The molecule has 1 N–H and O–H groups in total. The molecule has 0 saturated heterocycles. The number of hydrogen-bond donors (Lipinski definition) is 1. The van der Waals surface area contributed by atoms with E-state index in [0.29, 0.717) is 36.7 Å². The van der Waals surface area contributed by atoms with Crippen LogP contribution in [-0.2, 0) is 18.3 Å². The molecule has 7 heteroatoms. The van der Waals surface area contributed by atoms with Gasteiger partial charge in [-0.2, -0.15) is 5.10 Å². The molecule has 0 unspecified atom stereocenters. The molecular formula is C11H17N5O2. The van der Waals surface area contributed by atoms with E-state index in [1.807, 2.05) is 14.0 Å². The van der Waals surface area contributed by atoms with Crippen LogP contribution in [0, 0.1) is 0 Å². The predicted octanol–water partition coefficient (Wildman–Crippen LogP) is 0.208. The van der Waals surface area contributed by atoms with Gasteiger partial charge in [0.15, 0.2) is 0 Å². The van der Waals surface area contributed by atoms with Crippen molar-refractivity contribution < 1.29 is 4.74 Å². The molecule has 2 aromatic heterocycles. The summed E-state index contributed by atoms with van der Waals surface area (Å²) in [6.07, 6.45) is 1.61. The Hall–Kier alpha value is -1.89. The van der Waals surface area contributed by atoms with E-state index in [1.165, 1.54) is 4.68 Å². The van der Waals surface area contributed by atoms with Crippen molar-refractivity contribution in [1.82, 2.24) is 19.3 Å². The molecule has 0 fully saturated rings. The van der Waals surface area contributed by atoms with E-state index in [-0.39, 0.29) is 5.56 Å². The van der Waals surface area contributed by atoms with Crippen molar-refractivity contribution in [2.75, 3.05) is 25.6 Å². The Bertz CT molecular complexity index is 601. The number of methoxy groups -OCH3 is 1. The molecule has 0 amide bonds. The van der Waals surface area contributed by atoms with Crippen molar-refractivity contribution in [3.8, 4) is 0 Å². The number of rotatable bonds is 5. The zero-order chi connectivity index (χ0) is 13.1. The highest BCUT2D eigenvalue weighted by atomic mass is 16.5. The summed E-state index contributed by atoms with van der Waals surface area (Å²) in [7, 11) is 3.45. The van der Waals surface area contributed by atoms with Gasteiger partial charge in [0.25, 0.3) is 5.56 Å².